The first-order chi connectivity index (χ1) is 7.65. The van der Waals surface area contributed by atoms with Crippen LogP contribution in [-0.2, 0) is 6.42 Å². The van der Waals surface area contributed by atoms with Crippen molar-refractivity contribution in [1.29, 1.82) is 0 Å². The third-order valence-corrected chi connectivity index (χ3v) is 2.59. The summed E-state index contributed by atoms with van der Waals surface area (Å²) in [5.41, 5.74) is 0. The van der Waals surface area contributed by atoms with E-state index in [9.17, 15) is 0 Å². The SMILES string of the molecule is CCCNCC(C)Cc1ncnn1C(C)C. The normalized spacial score (nSPS) is 13.3. The third kappa shape index (κ3) is 3.93. The van der Waals surface area contributed by atoms with Crippen LogP contribution in [0.25, 0.3) is 0 Å². The minimum atomic E-state index is 0.397. The summed E-state index contributed by atoms with van der Waals surface area (Å²) in [4.78, 5) is 4.33. The van der Waals surface area contributed by atoms with Gasteiger partial charge in [0.1, 0.15) is 12.2 Å². The van der Waals surface area contributed by atoms with Gasteiger partial charge in [0.15, 0.2) is 0 Å². The number of nitrogens with one attached hydrogen (secondary N) is 1. The molecular formula is C12H24N4. The minimum Gasteiger partial charge on any atom is -0.316 e. The summed E-state index contributed by atoms with van der Waals surface area (Å²) in [5.74, 6) is 1.70. The van der Waals surface area contributed by atoms with E-state index >= 15 is 0 Å². The highest BCUT2D eigenvalue weighted by atomic mass is 15.3. The number of aromatic nitrogens is 3. The van der Waals surface area contributed by atoms with Crippen LogP contribution in [0.2, 0.25) is 0 Å². The zero-order valence-electron chi connectivity index (χ0n) is 10.9. The second kappa shape index (κ2) is 6.63. The van der Waals surface area contributed by atoms with Gasteiger partial charge in [-0.3, -0.25) is 0 Å². The van der Waals surface area contributed by atoms with Crippen LogP contribution in [0.5, 0.6) is 0 Å². The quantitative estimate of drug-likeness (QED) is 0.721. The van der Waals surface area contributed by atoms with E-state index in [0.717, 1.165) is 25.3 Å². The molecule has 1 heterocycles. The van der Waals surface area contributed by atoms with E-state index in [4.69, 9.17) is 0 Å². The number of hydrogen-bond acceptors (Lipinski definition) is 3. The maximum Gasteiger partial charge on any atom is 0.138 e. The Balaban J connectivity index is 2.43. The fourth-order valence-corrected chi connectivity index (χ4v) is 1.76. The molecular weight excluding hydrogens is 200 g/mol. The van der Waals surface area contributed by atoms with Gasteiger partial charge in [0.2, 0.25) is 0 Å². The Kier molecular flexibility index (Phi) is 5.46. The molecule has 1 rings (SSSR count). The Morgan fingerprint density at radius 3 is 2.75 bits per heavy atom. The molecule has 1 atom stereocenters. The van der Waals surface area contributed by atoms with Crippen LogP contribution in [0, 0.1) is 5.92 Å². The summed E-state index contributed by atoms with van der Waals surface area (Å²) in [5, 5.41) is 7.69. The number of hydrogen-bond donors (Lipinski definition) is 1. The molecule has 0 aromatic carbocycles. The van der Waals surface area contributed by atoms with Gasteiger partial charge in [-0.15, -0.1) is 0 Å². The molecule has 0 fully saturated rings. The molecule has 1 unspecified atom stereocenters. The molecule has 4 heteroatoms. The highest BCUT2D eigenvalue weighted by molar-refractivity contribution is 4.88. The van der Waals surface area contributed by atoms with Crippen LogP contribution in [0.4, 0.5) is 0 Å². The van der Waals surface area contributed by atoms with Crippen molar-refractivity contribution in [2.45, 2.75) is 46.6 Å². The lowest BCUT2D eigenvalue weighted by atomic mass is 10.1. The van der Waals surface area contributed by atoms with Crippen LogP contribution in [0.15, 0.2) is 6.33 Å². The topological polar surface area (TPSA) is 42.7 Å². The highest BCUT2D eigenvalue weighted by Crippen LogP contribution is 2.09. The predicted molar refractivity (Wildman–Crippen MR) is 66.4 cm³/mol. The third-order valence-electron chi connectivity index (χ3n) is 2.59. The standard InChI is InChI=1S/C12H24N4/c1-5-6-13-8-11(4)7-12-14-9-15-16(12)10(2)3/h9-11,13H,5-8H2,1-4H3. The van der Waals surface area contributed by atoms with Crippen molar-refractivity contribution >= 4 is 0 Å². The molecule has 0 aliphatic carbocycles. The molecule has 0 amide bonds. The van der Waals surface area contributed by atoms with Gasteiger partial charge in [0.25, 0.3) is 0 Å². The first kappa shape index (κ1) is 13.2. The van der Waals surface area contributed by atoms with E-state index in [2.05, 4.69) is 43.1 Å². The molecule has 16 heavy (non-hydrogen) atoms. The zero-order chi connectivity index (χ0) is 12.0. The molecule has 4 nitrogen and oxygen atoms in total. The Morgan fingerprint density at radius 2 is 2.12 bits per heavy atom. The molecule has 0 aliphatic rings. The van der Waals surface area contributed by atoms with E-state index in [1.807, 2.05) is 4.68 Å². The largest absolute Gasteiger partial charge is 0.316 e. The van der Waals surface area contributed by atoms with Crippen molar-refractivity contribution in [3.8, 4) is 0 Å². The van der Waals surface area contributed by atoms with Gasteiger partial charge in [-0.1, -0.05) is 13.8 Å². The van der Waals surface area contributed by atoms with Gasteiger partial charge in [0, 0.05) is 12.5 Å². The highest BCUT2D eigenvalue weighted by Gasteiger charge is 2.11. The second-order valence-electron chi connectivity index (χ2n) is 4.73. The molecule has 0 bridgehead atoms. The lowest BCUT2D eigenvalue weighted by Crippen LogP contribution is -2.24. The summed E-state index contributed by atoms with van der Waals surface area (Å²) in [6.45, 7) is 10.9. The Morgan fingerprint density at radius 1 is 1.38 bits per heavy atom. The Bertz CT molecular complexity index is 293. The number of rotatable bonds is 7. The van der Waals surface area contributed by atoms with Crippen LogP contribution < -0.4 is 5.32 Å². The molecule has 1 aromatic rings. The Hall–Kier alpha value is -0.900. The molecule has 1 aromatic heterocycles. The van der Waals surface area contributed by atoms with Crippen molar-refractivity contribution < 1.29 is 0 Å². The van der Waals surface area contributed by atoms with Crippen molar-refractivity contribution in [1.82, 2.24) is 20.1 Å². The lowest BCUT2D eigenvalue weighted by Gasteiger charge is -2.14. The summed E-state index contributed by atoms with van der Waals surface area (Å²) >= 11 is 0. The Labute approximate surface area is 98.5 Å². The number of nitrogens with zero attached hydrogens (tertiary/aromatic N) is 3. The van der Waals surface area contributed by atoms with Gasteiger partial charge >= 0.3 is 0 Å². The minimum absolute atomic E-state index is 0.397. The van der Waals surface area contributed by atoms with E-state index in [0.29, 0.717) is 12.0 Å². The van der Waals surface area contributed by atoms with Crippen LogP contribution in [-0.4, -0.2) is 27.9 Å². The molecule has 92 valence electrons. The monoisotopic (exact) mass is 224 g/mol. The van der Waals surface area contributed by atoms with Gasteiger partial charge in [-0.25, -0.2) is 9.67 Å². The summed E-state index contributed by atoms with van der Waals surface area (Å²) in [6.07, 6.45) is 3.84. The maximum absolute atomic E-state index is 4.33. The van der Waals surface area contributed by atoms with Crippen LogP contribution in [0.1, 0.15) is 46.0 Å². The van der Waals surface area contributed by atoms with Crippen molar-refractivity contribution in [2.75, 3.05) is 13.1 Å². The zero-order valence-corrected chi connectivity index (χ0v) is 10.9. The second-order valence-corrected chi connectivity index (χ2v) is 4.73. The van der Waals surface area contributed by atoms with E-state index in [1.54, 1.807) is 6.33 Å². The van der Waals surface area contributed by atoms with Crippen molar-refractivity contribution in [3.05, 3.63) is 12.2 Å². The van der Waals surface area contributed by atoms with Gasteiger partial charge < -0.3 is 5.32 Å². The summed E-state index contributed by atoms with van der Waals surface area (Å²) in [7, 11) is 0. The fourth-order valence-electron chi connectivity index (χ4n) is 1.76. The first-order valence-electron chi connectivity index (χ1n) is 6.24. The van der Waals surface area contributed by atoms with E-state index in [-0.39, 0.29) is 0 Å². The van der Waals surface area contributed by atoms with Gasteiger partial charge in [-0.05, 0) is 39.3 Å². The van der Waals surface area contributed by atoms with Crippen LogP contribution in [0.3, 0.4) is 0 Å². The summed E-state index contributed by atoms with van der Waals surface area (Å²) in [6, 6.07) is 0.397. The van der Waals surface area contributed by atoms with Gasteiger partial charge in [-0.2, -0.15) is 5.10 Å². The average molecular weight is 224 g/mol. The molecule has 0 saturated heterocycles. The molecule has 0 saturated carbocycles. The maximum atomic E-state index is 4.33. The lowest BCUT2D eigenvalue weighted by molar-refractivity contribution is 0.453. The van der Waals surface area contributed by atoms with E-state index in [1.165, 1.54) is 6.42 Å². The smallest absolute Gasteiger partial charge is 0.138 e. The molecule has 1 N–H and O–H groups in total. The molecule has 0 aliphatic heterocycles. The molecule has 0 spiro atoms. The molecule has 0 radical (unpaired) electrons. The van der Waals surface area contributed by atoms with Gasteiger partial charge in [0.05, 0.1) is 0 Å². The van der Waals surface area contributed by atoms with Crippen LogP contribution >= 0.6 is 0 Å². The fraction of sp³-hybridized carbons (Fsp3) is 0.833. The average Bonchev–Trinajstić information content (AvgIpc) is 2.66. The first-order valence-corrected chi connectivity index (χ1v) is 6.24. The van der Waals surface area contributed by atoms with Crippen molar-refractivity contribution in [3.63, 3.8) is 0 Å². The summed E-state index contributed by atoms with van der Waals surface area (Å²) < 4.78 is 2.01. The predicted octanol–water partition coefficient (Wildman–Crippen LogP) is 2.04. The van der Waals surface area contributed by atoms with E-state index < -0.39 is 0 Å². The van der Waals surface area contributed by atoms with Crippen molar-refractivity contribution in [2.24, 2.45) is 5.92 Å².